The smallest absolute Gasteiger partial charge is 0.228 e. The van der Waals surface area contributed by atoms with Crippen LogP contribution in [-0.4, -0.2) is 32.1 Å². The molecule has 114 valence electrons. The Kier molecular flexibility index (Phi) is 5.76. The molecule has 1 fully saturated rings. The van der Waals surface area contributed by atoms with Crippen LogP contribution < -0.4 is 10.6 Å². The minimum atomic E-state index is -0.212. The number of carbonyl (C=O) groups excluding carboxylic acids is 2. The van der Waals surface area contributed by atoms with Gasteiger partial charge in [-0.15, -0.1) is 0 Å². The number of rotatable bonds is 7. The molecule has 1 aromatic rings. The molecule has 2 atom stereocenters. The van der Waals surface area contributed by atoms with Crippen LogP contribution in [0.4, 0.5) is 5.69 Å². The second kappa shape index (κ2) is 7.56. The maximum Gasteiger partial charge on any atom is 0.228 e. The Balaban J connectivity index is 1.73. The van der Waals surface area contributed by atoms with Gasteiger partial charge in [0.2, 0.25) is 11.8 Å². The van der Waals surface area contributed by atoms with Gasteiger partial charge in [-0.1, -0.05) is 15.9 Å². The molecule has 5 nitrogen and oxygen atoms in total. The van der Waals surface area contributed by atoms with Gasteiger partial charge in [-0.2, -0.15) is 0 Å². The Hall–Kier alpha value is -1.40. The van der Waals surface area contributed by atoms with Gasteiger partial charge < -0.3 is 15.4 Å². The molecule has 21 heavy (non-hydrogen) atoms. The molecule has 1 aromatic carbocycles. The third-order valence-electron chi connectivity index (χ3n) is 3.40. The summed E-state index contributed by atoms with van der Waals surface area (Å²) in [6.07, 6.45) is 1.41. The lowest BCUT2D eigenvalue weighted by molar-refractivity contribution is -0.125. The lowest BCUT2D eigenvalue weighted by atomic mass is 10.2. The Labute approximate surface area is 132 Å². The number of hydrogen-bond acceptors (Lipinski definition) is 3. The summed E-state index contributed by atoms with van der Waals surface area (Å²) in [5, 5.41) is 5.66. The highest BCUT2D eigenvalue weighted by molar-refractivity contribution is 9.10. The van der Waals surface area contributed by atoms with Crippen molar-refractivity contribution in [2.45, 2.75) is 12.8 Å². The molecule has 0 saturated heterocycles. The molecule has 0 heterocycles. The first-order chi connectivity index (χ1) is 10.1. The second-order valence-electron chi connectivity index (χ2n) is 5.08. The molecule has 0 aliphatic heterocycles. The molecular weight excluding hydrogens is 336 g/mol. The van der Waals surface area contributed by atoms with E-state index in [1.54, 1.807) is 7.11 Å². The summed E-state index contributed by atoms with van der Waals surface area (Å²) < 4.78 is 5.87. The van der Waals surface area contributed by atoms with Gasteiger partial charge in [0.25, 0.3) is 0 Å². The number of halogens is 1. The van der Waals surface area contributed by atoms with E-state index in [1.807, 2.05) is 24.3 Å². The van der Waals surface area contributed by atoms with Crippen LogP contribution in [0.2, 0.25) is 0 Å². The zero-order chi connectivity index (χ0) is 15.2. The highest BCUT2D eigenvalue weighted by Gasteiger charge is 2.47. The number of ether oxygens (including phenoxy) is 1. The molecule has 2 unspecified atom stereocenters. The first kappa shape index (κ1) is 16.0. The fourth-order valence-electron chi connectivity index (χ4n) is 2.10. The van der Waals surface area contributed by atoms with E-state index in [4.69, 9.17) is 4.74 Å². The molecule has 0 aromatic heterocycles. The van der Waals surface area contributed by atoms with Gasteiger partial charge in [-0.25, -0.2) is 0 Å². The standard InChI is InChI=1S/C15H19BrN2O3/c1-21-8-2-7-17-14(19)12-9-13(12)15(20)18-11-5-3-10(16)4-6-11/h3-6,12-13H,2,7-9H2,1H3,(H,17,19)(H,18,20). The van der Waals surface area contributed by atoms with E-state index in [9.17, 15) is 9.59 Å². The van der Waals surface area contributed by atoms with Crippen molar-refractivity contribution >= 4 is 33.4 Å². The van der Waals surface area contributed by atoms with Crippen LogP contribution in [0.15, 0.2) is 28.7 Å². The molecule has 1 aliphatic carbocycles. The van der Waals surface area contributed by atoms with Crippen LogP contribution >= 0.6 is 15.9 Å². The summed E-state index contributed by atoms with van der Waals surface area (Å²) in [5.74, 6) is -0.532. The van der Waals surface area contributed by atoms with Crippen molar-refractivity contribution in [3.63, 3.8) is 0 Å². The molecule has 2 rings (SSSR count). The normalized spacial score (nSPS) is 19.9. The van der Waals surface area contributed by atoms with Gasteiger partial charge in [0, 0.05) is 30.4 Å². The van der Waals surface area contributed by atoms with Crippen LogP contribution in [-0.2, 0) is 14.3 Å². The van der Waals surface area contributed by atoms with Crippen LogP contribution in [0.1, 0.15) is 12.8 Å². The van der Waals surface area contributed by atoms with Gasteiger partial charge in [0.05, 0.1) is 11.8 Å². The zero-order valence-electron chi connectivity index (χ0n) is 11.9. The van der Waals surface area contributed by atoms with Crippen molar-refractivity contribution in [2.75, 3.05) is 25.6 Å². The molecule has 2 amide bonds. The monoisotopic (exact) mass is 354 g/mol. The number of nitrogens with one attached hydrogen (secondary N) is 2. The average molecular weight is 355 g/mol. The van der Waals surface area contributed by atoms with Crippen LogP contribution in [0, 0.1) is 11.8 Å². The minimum absolute atomic E-state index is 0.0398. The van der Waals surface area contributed by atoms with Crippen molar-refractivity contribution < 1.29 is 14.3 Å². The fourth-order valence-corrected chi connectivity index (χ4v) is 2.37. The lowest BCUT2D eigenvalue weighted by Gasteiger charge is -2.06. The largest absolute Gasteiger partial charge is 0.385 e. The van der Waals surface area contributed by atoms with Gasteiger partial charge in [-0.3, -0.25) is 9.59 Å². The topological polar surface area (TPSA) is 67.4 Å². The van der Waals surface area contributed by atoms with E-state index < -0.39 is 0 Å². The Bertz CT molecular complexity index is 504. The van der Waals surface area contributed by atoms with E-state index in [-0.39, 0.29) is 23.7 Å². The summed E-state index contributed by atoms with van der Waals surface area (Å²) in [6.45, 7) is 1.21. The van der Waals surface area contributed by atoms with Gasteiger partial charge in [0.15, 0.2) is 0 Å². The SMILES string of the molecule is COCCCNC(=O)C1CC1C(=O)Nc1ccc(Br)cc1. The maximum atomic E-state index is 12.0. The van der Waals surface area contributed by atoms with Gasteiger partial charge in [-0.05, 0) is 37.1 Å². The van der Waals surface area contributed by atoms with Gasteiger partial charge >= 0.3 is 0 Å². The summed E-state index contributed by atoms with van der Waals surface area (Å²) in [7, 11) is 1.63. The first-order valence-electron chi connectivity index (χ1n) is 6.95. The third-order valence-corrected chi connectivity index (χ3v) is 3.93. The minimum Gasteiger partial charge on any atom is -0.385 e. The number of amides is 2. The number of anilines is 1. The Morgan fingerprint density at radius 2 is 1.90 bits per heavy atom. The highest BCUT2D eigenvalue weighted by Crippen LogP contribution is 2.39. The molecule has 2 N–H and O–H groups in total. The third kappa shape index (κ3) is 4.82. The summed E-state index contributed by atoms with van der Waals surface area (Å²) >= 11 is 3.34. The van der Waals surface area contributed by atoms with E-state index in [0.29, 0.717) is 19.6 Å². The van der Waals surface area contributed by atoms with Crippen molar-refractivity contribution in [1.82, 2.24) is 5.32 Å². The average Bonchev–Trinajstić information content (AvgIpc) is 3.26. The van der Waals surface area contributed by atoms with Crippen molar-refractivity contribution in [3.8, 4) is 0 Å². The number of methoxy groups -OCH3 is 1. The van der Waals surface area contributed by atoms with E-state index >= 15 is 0 Å². The van der Waals surface area contributed by atoms with E-state index in [0.717, 1.165) is 16.6 Å². The molecule has 1 aliphatic rings. The number of hydrogen-bond donors (Lipinski definition) is 2. The zero-order valence-corrected chi connectivity index (χ0v) is 13.5. The van der Waals surface area contributed by atoms with Crippen molar-refractivity contribution in [2.24, 2.45) is 11.8 Å². The van der Waals surface area contributed by atoms with E-state index in [1.165, 1.54) is 0 Å². The summed E-state index contributed by atoms with van der Waals surface area (Å²) in [6, 6.07) is 7.37. The van der Waals surface area contributed by atoms with E-state index in [2.05, 4.69) is 26.6 Å². The number of benzene rings is 1. The molecular formula is C15H19BrN2O3. The molecule has 0 bridgehead atoms. The molecule has 0 radical (unpaired) electrons. The first-order valence-corrected chi connectivity index (χ1v) is 7.74. The molecule has 6 heteroatoms. The lowest BCUT2D eigenvalue weighted by Crippen LogP contribution is -2.28. The maximum absolute atomic E-state index is 12.0. The Morgan fingerprint density at radius 3 is 2.57 bits per heavy atom. The molecule has 1 saturated carbocycles. The van der Waals surface area contributed by atoms with Crippen LogP contribution in [0.3, 0.4) is 0 Å². The Morgan fingerprint density at radius 1 is 1.24 bits per heavy atom. The summed E-state index contributed by atoms with van der Waals surface area (Å²) in [5.41, 5.74) is 0.745. The van der Waals surface area contributed by atoms with Crippen LogP contribution in [0.25, 0.3) is 0 Å². The quantitative estimate of drug-likeness (QED) is 0.737. The predicted octanol–water partition coefficient (Wildman–Crippen LogP) is 2.18. The van der Waals surface area contributed by atoms with Gasteiger partial charge in [0.1, 0.15) is 0 Å². The van der Waals surface area contributed by atoms with Crippen molar-refractivity contribution in [1.29, 1.82) is 0 Å². The summed E-state index contributed by atoms with van der Waals surface area (Å²) in [4.78, 5) is 23.9. The highest BCUT2D eigenvalue weighted by atomic mass is 79.9. The van der Waals surface area contributed by atoms with Crippen LogP contribution in [0.5, 0.6) is 0 Å². The molecule has 0 spiro atoms. The second-order valence-corrected chi connectivity index (χ2v) is 6.00. The predicted molar refractivity (Wildman–Crippen MR) is 83.9 cm³/mol. The van der Waals surface area contributed by atoms with Crippen molar-refractivity contribution in [3.05, 3.63) is 28.7 Å². The fraction of sp³-hybridized carbons (Fsp3) is 0.467. The number of carbonyl (C=O) groups is 2.